The molecule has 0 saturated carbocycles. The molecule has 0 bridgehead atoms. The molecule has 178 valence electrons. The Labute approximate surface area is 215 Å². The van der Waals surface area contributed by atoms with E-state index in [4.69, 9.17) is 9.47 Å². The molecule has 0 aliphatic heterocycles. The Morgan fingerprint density at radius 3 is 2.54 bits per heavy atom. The van der Waals surface area contributed by atoms with Gasteiger partial charge in [-0.1, -0.05) is 58.0 Å². The fourth-order valence-corrected chi connectivity index (χ4v) is 4.25. The van der Waals surface area contributed by atoms with Crippen molar-refractivity contribution in [2.45, 2.75) is 5.16 Å². The molecule has 10 heteroatoms. The number of nitrogens with one attached hydrogen (secondary N) is 1. The van der Waals surface area contributed by atoms with E-state index in [1.54, 1.807) is 32.4 Å². The summed E-state index contributed by atoms with van der Waals surface area (Å²) in [4.78, 5) is 12.5. The van der Waals surface area contributed by atoms with Crippen LogP contribution in [0.4, 0.5) is 0 Å². The second kappa shape index (κ2) is 11.7. The van der Waals surface area contributed by atoms with E-state index in [1.807, 2.05) is 59.2 Å². The van der Waals surface area contributed by atoms with Gasteiger partial charge in [-0.25, -0.2) is 5.43 Å². The minimum Gasteiger partial charge on any atom is -0.497 e. The van der Waals surface area contributed by atoms with E-state index < -0.39 is 0 Å². The number of aromatic nitrogens is 3. The van der Waals surface area contributed by atoms with E-state index in [0.717, 1.165) is 15.7 Å². The minimum atomic E-state index is -0.278. The third-order valence-electron chi connectivity index (χ3n) is 4.91. The van der Waals surface area contributed by atoms with Crippen LogP contribution in [0.2, 0.25) is 0 Å². The van der Waals surface area contributed by atoms with Gasteiger partial charge < -0.3 is 9.47 Å². The highest BCUT2D eigenvalue weighted by Gasteiger charge is 2.17. The molecule has 4 aromatic rings. The topological polar surface area (TPSA) is 90.6 Å². The highest BCUT2D eigenvalue weighted by Crippen LogP contribution is 2.28. The van der Waals surface area contributed by atoms with Crippen LogP contribution >= 0.6 is 27.7 Å². The molecule has 0 unspecified atom stereocenters. The van der Waals surface area contributed by atoms with Crippen LogP contribution in [0.25, 0.3) is 17.1 Å². The van der Waals surface area contributed by atoms with Crippen LogP contribution in [-0.2, 0) is 4.79 Å². The minimum absolute atomic E-state index is 0.107. The van der Waals surface area contributed by atoms with E-state index >= 15 is 0 Å². The second-order valence-corrected chi connectivity index (χ2v) is 9.03. The molecule has 0 aliphatic rings. The number of benzene rings is 3. The standard InChI is InChI=1S/C25H22BrN5O3S/c1-33-21-12-13-22(34-2)18(14-21)15-27-28-23(32)16-35-25-30-29-24(17-6-4-3-5-7-17)31(25)20-10-8-19(26)9-11-20/h3-15H,16H2,1-2H3,(H,28,32)/b27-15-. The number of hydrazone groups is 1. The summed E-state index contributed by atoms with van der Waals surface area (Å²) in [6.45, 7) is 0. The van der Waals surface area contributed by atoms with Crippen molar-refractivity contribution in [3.63, 3.8) is 0 Å². The number of methoxy groups -OCH3 is 2. The largest absolute Gasteiger partial charge is 0.497 e. The van der Waals surface area contributed by atoms with E-state index in [9.17, 15) is 4.79 Å². The summed E-state index contributed by atoms with van der Waals surface area (Å²) in [5.74, 6) is 1.80. The van der Waals surface area contributed by atoms with Gasteiger partial charge in [-0.05, 0) is 42.5 Å². The van der Waals surface area contributed by atoms with Crippen molar-refractivity contribution in [3.8, 4) is 28.6 Å². The lowest BCUT2D eigenvalue weighted by Crippen LogP contribution is -2.20. The highest BCUT2D eigenvalue weighted by molar-refractivity contribution is 9.10. The summed E-state index contributed by atoms with van der Waals surface area (Å²) in [5, 5.41) is 13.4. The Morgan fingerprint density at radius 1 is 1.06 bits per heavy atom. The van der Waals surface area contributed by atoms with Crippen molar-refractivity contribution in [2.24, 2.45) is 5.10 Å². The summed E-state index contributed by atoms with van der Waals surface area (Å²) < 4.78 is 13.5. The van der Waals surface area contributed by atoms with Gasteiger partial charge in [0.05, 0.1) is 26.2 Å². The molecule has 0 spiro atoms. The quantitative estimate of drug-likeness (QED) is 0.180. The Balaban J connectivity index is 1.49. The van der Waals surface area contributed by atoms with Crippen LogP contribution < -0.4 is 14.9 Å². The van der Waals surface area contributed by atoms with Gasteiger partial charge in [-0.15, -0.1) is 10.2 Å². The van der Waals surface area contributed by atoms with E-state index in [2.05, 4.69) is 36.7 Å². The fourth-order valence-electron chi connectivity index (χ4n) is 3.24. The first-order chi connectivity index (χ1) is 17.1. The van der Waals surface area contributed by atoms with E-state index in [0.29, 0.717) is 28.0 Å². The highest BCUT2D eigenvalue weighted by atomic mass is 79.9. The predicted octanol–water partition coefficient (Wildman–Crippen LogP) is 4.96. The predicted molar refractivity (Wildman–Crippen MR) is 141 cm³/mol. The molecular weight excluding hydrogens is 530 g/mol. The maximum atomic E-state index is 12.5. The summed E-state index contributed by atoms with van der Waals surface area (Å²) in [6, 6.07) is 23.0. The molecule has 4 rings (SSSR count). The van der Waals surface area contributed by atoms with Crippen molar-refractivity contribution in [1.29, 1.82) is 0 Å². The van der Waals surface area contributed by atoms with Crippen molar-refractivity contribution < 1.29 is 14.3 Å². The molecule has 0 saturated heterocycles. The molecule has 3 aromatic carbocycles. The molecule has 8 nitrogen and oxygen atoms in total. The third-order valence-corrected chi connectivity index (χ3v) is 6.37. The van der Waals surface area contributed by atoms with E-state index in [1.165, 1.54) is 18.0 Å². The lowest BCUT2D eigenvalue weighted by atomic mass is 10.2. The number of halogens is 1. The van der Waals surface area contributed by atoms with Gasteiger partial charge in [0.25, 0.3) is 5.91 Å². The molecule has 1 N–H and O–H groups in total. The molecule has 0 atom stereocenters. The van der Waals surface area contributed by atoms with E-state index in [-0.39, 0.29) is 11.7 Å². The number of carbonyl (C=O) groups is 1. The van der Waals surface area contributed by atoms with Gasteiger partial charge in [-0.2, -0.15) is 5.10 Å². The smallest absolute Gasteiger partial charge is 0.250 e. The molecular formula is C25H22BrN5O3S. The number of hydrogen-bond donors (Lipinski definition) is 1. The maximum absolute atomic E-state index is 12.5. The first-order valence-corrected chi connectivity index (χ1v) is 12.3. The molecule has 1 heterocycles. The Morgan fingerprint density at radius 2 is 1.83 bits per heavy atom. The monoisotopic (exact) mass is 551 g/mol. The van der Waals surface area contributed by atoms with Crippen molar-refractivity contribution >= 4 is 39.8 Å². The fraction of sp³-hybridized carbons (Fsp3) is 0.120. The normalized spacial score (nSPS) is 10.9. The molecule has 0 radical (unpaired) electrons. The van der Waals surface area contributed by atoms with Gasteiger partial charge in [-0.3, -0.25) is 9.36 Å². The molecule has 0 fully saturated rings. The number of rotatable bonds is 9. The Bertz CT molecular complexity index is 1330. The van der Waals surface area contributed by atoms with Crippen LogP contribution in [0, 0.1) is 0 Å². The first-order valence-electron chi connectivity index (χ1n) is 10.5. The first kappa shape index (κ1) is 24.5. The van der Waals surface area contributed by atoms with Crippen LogP contribution in [0.5, 0.6) is 11.5 Å². The number of amides is 1. The zero-order chi connectivity index (χ0) is 24.6. The summed E-state index contributed by atoms with van der Waals surface area (Å²) in [6.07, 6.45) is 1.52. The number of nitrogens with zero attached hydrogens (tertiary/aromatic N) is 4. The Kier molecular flexibility index (Phi) is 8.17. The van der Waals surface area contributed by atoms with Crippen LogP contribution in [0.3, 0.4) is 0 Å². The maximum Gasteiger partial charge on any atom is 0.250 e. The lowest BCUT2D eigenvalue weighted by Gasteiger charge is -2.10. The summed E-state index contributed by atoms with van der Waals surface area (Å²) in [5.41, 5.74) is 5.05. The van der Waals surface area contributed by atoms with Gasteiger partial charge in [0.15, 0.2) is 11.0 Å². The number of thioether (sulfide) groups is 1. The zero-order valence-electron chi connectivity index (χ0n) is 19.0. The van der Waals surface area contributed by atoms with Gasteiger partial charge in [0.1, 0.15) is 11.5 Å². The Hall–Kier alpha value is -3.63. The summed E-state index contributed by atoms with van der Waals surface area (Å²) >= 11 is 4.75. The molecule has 35 heavy (non-hydrogen) atoms. The van der Waals surface area contributed by atoms with Crippen LogP contribution in [0.1, 0.15) is 5.56 Å². The average molecular weight is 552 g/mol. The number of carbonyl (C=O) groups excluding carboxylic acids is 1. The van der Waals surface area contributed by atoms with Crippen LogP contribution in [0.15, 0.2) is 87.5 Å². The van der Waals surface area contributed by atoms with Gasteiger partial charge >= 0.3 is 0 Å². The van der Waals surface area contributed by atoms with Crippen molar-refractivity contribution in [3.05, 3.63) is 82.8 Å². The SMILES string of the molecule is COc1ccc(OC)c(/C=N\NC(=O)CSc2nnc(-c3ccccc3)n2-c2ccc(Br)cc2)c1. The lowest BCUT2D eigenvalue weighted by molar-refractivity contribution is -0.118. The average Bonchev–Trinajstić information content (AvgIpc) is 3.32. The number of hydrogen-bond acceptors (Lipinski definition) is 7. The van der Waals surface area contributed by atoms with Crippen molar-refractivity contribution in [2.75, 3.05) is 20.0 Å². The van der Waals surface area contributed by atoms with Gasteiger partial charge in [0, 0.05) is 21.3 Å². The second-order valence-electron chi connectivity index (χ2n) is 7.17. The molecule has 1 amide bonds. The zero-order valence-corrected chi connectivity index (χ0v) is 21.4. The summed E-state index contributed by atoms with van der Waals surface area (Å²) in [7, 11) is 3.15. The molecule has 0 aliphatic carbocycles. The third kappa shape index (κ3) is 6.09. The van der Waals surface area contributed by atoms with Gasteiger partial charge in [0.2, 0.25) is 0 Å². The number of ether oxygens (including phenoxy) is 2. The van der Waals surface area contributed by atoms with Crippen molar-refractivity contribution in [1.82, 2.24) is 20.2 Å². The van der Waals surface area contributed by atoms with Crippen LogP contribution in [-0.4, -0.2) is 46.9 Å². The molecule has 1 aromatic heterocycles.